The van der Waals surface area contributed by atoms with Crippen LogP contribution < -0.4 is 10.5 Å². The van der Waals surface area contributed by atoms with Crippen LogP contribution in [0.5, 0.6) is 5.75 Å². The van der Waals surface area contributed by atoms with Crippen LogP contribution in [0.2, 0.25) is 0 Å². The van der Waals surface area contributed by atoms with Crippen LogP contribution in [0.4, 0.5) is 0 Å². The third kappa shape index (κ3) is 1.91. The lowest BCUT2D eigenvalue weighted by molar-refractivity contribution is -0.228. The first-order chi connectivity index (χ1) is 11.6. The van der Waals surface area contributed by atoms with Gasteiger partial charge < -0.3 is 25.2 Å². The summed E-state index contributed by atoms with van der Waals surface area (Å²) in [6, 6.07) is 7.45. The van der Waals surface area contributed by atoms with E-state index in [4.69, 9.17) is 15.2 Å². The zero-order valence-electron chi connectivity index (χ0n) is 13.2. The Balaban J connectivity index is 1.93. The van der Waals surface area contributed by atoms with E-state index in [1.54, 1.807) is 0 Å². The highest BCUT2D eigenvalue weighted by atomic mass is 16.5. The molecule has 7 nitrogen and oxygen atoms in total. The fourth-order valence-electron chi connectivity index (χ4n) is 4.52. The summed E-state index contributed by atoms with van der Waals surface area (Å²) in [6.45, 7) is 0.746. The number of hydrogen-bond donors (Lipinski definition) is 2. The fraction of sp³-hybridized carbons (Fsp3) is 0.529. The van der Waals surface area contributed by atoms with Gasteiger partial charge in [0.25, 0.3) is 0 Å². The highest BCUT2D eigenvalue weighted by Crippen LogP contribution is 2.55. The largest absolute Gasteiger partial charge is 0.467 e. The molecule has 4 unspecified atom stereocenters. The van der Waals surface area contributed by atoms with E-state index in [0.29, 0.717) is 25.4 Å². The molecular formula is C17H20N2O5. The smallest absolute Gasteiger partial charge is 0.238 e. The normalized spacial score (nSPS) is 34.1. The zero-order valence-corrected chi connectivity index (χ0v) is 13.2. The van der Waals surface area contributed by atoms with Gasteiger partial charge in [-0.15, -0.1) is 0 Å². The summed E-state index contributed by atoms with van der Waals surface area (Å²) in [7, 11) is 0. The van der Waals surface area contributed by atoms with Crippen LogP contribution >= 0.6 is 0 Å². The minimum absolute atomic E-state index is 0.105. The van der Waals surface area contributed by atoms with E-state index >= 15 is 0 Å². The number of rotatable bonds is 3. The number of carbonyl (C=O) groups excluding carboxylic acids is 2. The first kappa shape index (κ1) is 15.4. The molecule has 0 spiro atoms. The Kier molecular flexibility index (Phi) is 3.51. The number of primary amides is 1. The van der Waals surface area contributed by atoms with Crippen LogP contribution in [-0.4, -0.2) is 53.9 Å². The highest BCUT2D eigenvalue weighted by Gasteiger charge is 2.64. The van der Waals surface area contributed by atoms with E-state index in [-0.39, 0.29) is 30.9 Å². The second-order valence-corrected chi connectivity index (χ2v) is 6.54. The molecule has 0 saturated carbocycles. The minimum Gasteiger partial charge on any atom is -0.467 e. The monoisotopic (exact) mass is 332 g/mol. The average molecular weight is 332 g/mol. The van der Waals surface area contributed by atoms with Crippen molar-refractivity contribution in [2.24, 2.45) is 17.6 Å². The molecule has 0 aliphatic carbocycles. The molecule has 3 N–H and O–H groups in total. The lowest BCUT2D eigenvalue weighted by Crippen LogP contribution is -2.73. The summed E-state index contributed by atoms with van der Waals surface area (Å²) in [5.74, 6) is -1.88. The molecule has 1 aromatic carbocycles. The third-order valence-electron chi connectivity index (χ3n) is 5.46. The molecule has 0 radical (unpaired) electrons. The van der Waals surface area contributed by atoms with Crippen LogP contribution in [0.3, 0.4) is 0 Å². The zero-order chi connectivity index (χ0) is 16.9. The number of ether oxygens (including phenoxy) is 2. The van der Waals surface area contributed by atoms with Crippen LogP contribution in [0.1, 0.15) is 17.9 Å². The maximum Gasteiger partial charge on any atom is 0.238 e. The van der Waals surface area contributed by atoms with Crippen LogP contribution in [0.25, 0.3) is 0 Å². The Hall–Kier alpha value is -2.12. The Morgan fingerprint density at radius 2 is 2.21 bits per heavy atom. The predicted molar refractivity (Wildman–Crippen MR) is 83.0 cm³/mol. The number of carbonyl (C=O) groups is 2. The van der Waals surface area contributed by atoms with Crippen LogP contribution in [0, 0.1) is 11.8 Å². The number of para-hydroxylation sites is 1. The topological polar surface area (TPSA) is 102 Å². The summed E-state index contributed by atoms with van der Waals surface area (Å²) in [5.41, 5.74) is 5.54. The van der Waals surface area contributed by atoms with Gasteiger partial charge >= 0.3 is 0 Å². The van der Waals surface area contributed by atoms with Crippen molar-refractivity contribution in [3.8, 4) is 5.75 Å². The molecule has 1 aromatic rings. The van der Waals surface area contributed by atoms with Crippen molar-refractivity contribution < 1.29 is 24.2 Å². The van der Waals surface area contributed by atoms with Gasteiger partial charge in [-0.1, -0.05) is 18.2 Å². The van der Waals surface area contributed by atoms with Crippen molar-refractivity contribution in [3.63, 3.8) is 0 Å². The maximum absolute atomic E-state index is 13.0. The number of amides is 2. The van der Waals surface area contributed by atoms with Gasteiger partial charge in [0.2, 0.25) is 11.8 Å². The van der Waals surface area contributed by atoms with Crippen molar-refractivity contribution in [2.45, 2.75) is 18.1 Å². The van der Waals surface area contributed by atoms with Gasteiger partial charge in [0.15, 0.2) is 5.72 Å². The molecule has 2 bridgehead atoms. The van der Waals surface area contributed by atoms with Crippen LogP contribution in [-0.2, 0) is 14.3 Å². The average Bonchev–Trinajstić information content (AvgIpc) is 2.57. The van der Waals surface area contributed by atoms with Gasteiger partial charge in [0.05, 0.1) is 25.7 Å². The standard InChI is InChI=1S/C17H20N2O5/c18-15(21)14-13-10-3-1-2-4-12(10)24-17(5-8-23-9-11(13)17)19(6-7-20)16(14)22/h1-4,11,13-14,20H,5-9H2,(H2,18,21). The molecule has 4 rings (SSSR count). The maximum atomic E-state index is 13.0. The molecular weight excluding hydrogens is 312 g/mol. The number of piperidine rings is 1. The van der Waals surface area contributed by atoms with Gasteiger partial charge in [-0.25, -0.2) is 0 Å². The number of nitrogens with two attached hydrogens (primary N) is 1. The van der Waals surface area contributed by atoms with Gasteiger partial charge in [0.1, 0.15) is 11.7 Å². The first-order valence-corrected chi connectivity index (χ1v) is 8.17. The number of β-amino-alcohol motifs (C(OH)–C–C–N with tert-alkyl or cyclic N) is 1. The predicted octanol–water partition coefficient (Wildman–Crippen LogP) is -0.169. The van der Waals surface area contributed by atoms with Crippen molar-refractivity contribution in [2.75, 3.05) is 26.4 Å². The third-order valence-corrected chi connectivity index (χ3v) is 5.46. The van der Waals surface area contributed by atoms with E-state index in [0.717, 1.165) is 5.56 Å². The Morgan fingerprint density at radius 1 is 1.42 bits per heavy atom. The summed E-state index contributed by atoms with van der Waals surface area (Å²) in [4.78, 5) is 26.7. The fourth-order valence-corrected chi connectivity index (χ4v) is 4.52. The number of aliphatic hydroxyl groups is 1. The second kappa shape index (κ2) is 5.46. The van der Waals surface area contributed by atoms with Crippen molar-refractivity contribution in [1.82, 2.24) is 4.90 Å². The Morgan fingerprint density at radius 3 is 2.96 bits per heavy atom. The number of benzene rings is 1. The lowest BCUT2D eigenvalue weighted by Gasteiger charge is -2.60. The summed E-state index contributed by atoms with van der Waals surface area (Å²) < 4.78 is 12.0. The number of fused-ring (bicyclic) bond motifs is 2. The molecule has 2 amide bonds. The van der Waals surface area contributed by atoms with Gasteiger partial charge in [-0.05, 0) is 11.6 Å². The number of likely N-dealkylation sites (tertiary alicyclic amines) is 1. The highest BCUT2D eigenvalue weighted by molar-refractivity contribution is 6.02. The van der Waals surface area contributed by atoms with Crippen LogP contribution in [0.15, 0.2) is 24.3 Å². The molecule has 0 aromatic heterocycles. The van der Waals surface area contributed by atoms with Gasteiger partial charge in [-0.2, -0.15) is 0 Å². The quantitative estimate of drug-likeness (QED) is 0.748. The summed E-state index contributed by atoms with van der Waals surface area (Å²) >= 11 is 0. The van der Waals surface area contributed by atoms with Gasteiger partial charge in [0, 0.05) is 18.9 Å². The first-order valence-electron chi connectivity index (χ1n) is 8.17. The molecule has 3 aliphatic rings. The molecule has 2 saturated heterocycles. The molecule has 24 heavy (non-hydrogen) atoms. The van der Waals surface area contributed by atoms with Crippen molar-refractivity contribution >= 4 is 11.8 Å². The van der Waals surface area contributed by atoms with E-state index in [9.17, 15) is 14.7 Å². The summed E-state index contributed by atoms with van der Waals surface area (Å²) in [5, 5.41) is 9.44. The van der Waals surface area contributed by atoms with E-state index in [1.165, 1.54) is 4.90 Å². The molecule has 2 fully saturated rings. The SMILES string of the molecule is NC(=O)C1C(=O)N(CCO)C23CCOCC2C1c1ccccc1O3. The second-order valence-electron chi connectivity index (χ2n) is 6.54. The molecule has 7 heteroatoms. The summed E-state index contributed by atoms with van der Waals surface area (Å²) in [6.07, 6.45) is 0.500. The molecule has 3 heterocycles. The molecule has 3 aliphatic heterocycles. The van der Waals surface area contributed by atoms with Gasteiger partial charge in [-0.3, -0.25) is 9.59 Å². The van der Waals surface area contributed by atoms with Crippen molar-refractivity contribution in [1.29, 1.82) is 0 Å². The number of aliphatic hydroxyl groups excluding tert-OH is 1. The Bertz CT molecular complexity index is 693. The number of hydrogen-bond acceptors (Lipinski definition) is 5. The Labute approximate surface area is 139 Å². The van der Waals surface area contributed by atoms with E-state index in [2.05, 4.69) is 0 Å². The molecule has 4 atom stereocenters. The number of nitrogens with zero attached hydrogens (tertiary/aromatic N) is 1. The molecule has 128 valence electrons. The van der Waals surface area contributed by atoms with Crippen molar-refractivity contribution in [3.05, 3.63) is 29.8 Å². The minimum atomic E-state index is -0.971. The lowest BCUT2D eigenvalue weighted by atomic mass is 9.64. The van der Waals surface area contributed by atoms with E-state index < -0.39 is 17.6 Å². The van der Waals surface area contributed by atoms with E-state index in [1.807, 2.05) is 24.3 Å².